The smallest absolute Gasteiger partial charge is 0.312 e. The van der Waals surface area contributed by atoms with E-state index in [9.17, 15) is 30.0 Å². The number of benzene rings is 4. The molecular formula is C54H62N4O11. The third kappa shape index (κ3) is 9.04. The Labute approximate surface area is 401 Å². The molecule has 12 atom stereocenters. The Morgan fingerprint density at radius 1 is 0.812 bits per heavy atom. The molecule has 4 aromatic rings. The summed E-state index contributed by atoms with van der Waals surface area (Å²) in [6.45, 7) is 12.9. The van der Waals surface area contributed by atoms with Crippen LogP contribution < -0.4 is 26.1 Å². The maximum atomic E-state index is 15.0. The number of nitrogens with one attached hydrogen (secondary N) is 2. The third-order valence-electron chi connectivity index (χ3n) is 14.5. The van der Waals surface area contributed by atoms with Gasteiger partial charge >= 0.3 is 11.8 Å². The van der Waals surface area contributed by atoms with E-state index in [0.717, 1.165) is 11.1 Å². The molecule has 15 nitrogen and oxygen atoms in total. The summed E-state index contributed by atoms with van der Waals surface area (Å²) in [6.07, 6.45) is 4.58. The van der Waals surface area contributed by atoms with Crippen molar-refractivity contribution >= 4 is 34.1 Å². The lowest BCUT2D eigenvalue weighted by atomic mass is 9.78. The van der Waals surface area contributed by atoms with Gasteiger partial charge in [-0.3, -0.25) is 24.4 Å². The first-order valence-corrected chi connectivity index (χ1v) is 23.5. The van der Waals surface area contributed by atoms with E-state index in [1.807, 2.05) is 60.7 Å². The van der Waals surface area contributed by atoms with E-state index in [4.69, 9.17) is 28.9 Å². The summed E-state index contributed by atoms with van der Waals surface area (Å²) in [4.78, 5) is 52.5. The zero-order valence-corrected chi connectivity index (χ0v) is 40.4. The molecular weight excluding hydrogens is 881 g/mol. The average molecular weight is 943 g/mol. The molecule has 0 aliphatic carbocycles. The van der Waals surface area contributed by atoms with Crippen LogP contribution in [0.4, 0.5) is 5.69 Å². The van der Waals surface area contributed by atoms with Crippen LogP contribution in [0.2, 0.25) is 0 Å². The highest BCUT2D eigenvalue weighted by atomic mass is 16.7. The van der Waals surface area contributed by atoms with Gasteiger partial charge in [0.1, 0.15) is 28.6 Å². The molecule has 0 aromatic heterocycles. The number of allylic oxidation sites excluding steroid dienone is 2. The van der Waals surface area contributed by atoms with Gasteiger partial charge in [0.05, 0.1) is 40.9 Å². The second-order valence-electron chi connectivity index (χ2n) is 19.3. The van der Waals surface area contributed by atoms with Crippen LogP contribution in [0, 0.1) is 30.6 Å². The number of phenolic OH excluding ortho intramolecular Hbond substituents is 2. The van der Waals surface area contributed by atoms with Gasteiger partial charge < -0.3 is 50.0 Å². The molecule has 15 heteroatoms. The van der Waals surface area contributed by atoms with Crippen LogP contribution in [0.15, 0.2) is 107 Å². The van der Waals surface area contributed by atoms with Crippen molar-refractivity contribution in [3.63, 3.8) is 0 Å². The number of Topliss-reactive ketones (excluding diaryl/α,β-unsaturated/α-hetero) is 1. The van der Waals surface area contributed by atoms with Crippen molar-refractivity contribution in [3.8, 4) is 17.2 Å². The highest BCUT2D eigenvalue weighted by Crippen LogP contribution is 2.51. The molecule has 0 radical (unpaired) electrons. The number of ketones is 1. The zero-order valence-electron chi connectivity index (χ0n) is 40.4. The minimum absolute atomic E-state index is 0.000251. The Bertz CT molecular complexity index is 2840. The van der Waals surface area contributed by atoms with Crippen LogP contribution in [0.1, 0.15) is 100 Å². The number of amides is 1. The SMILES string of the molecule is CO[C@H]1/C=C/O[C@@]2(C)Oc3c(C)c(O)c4c(O)c(c5c(c4c3C2=O)=NC2(C[C@@H](c3ccccc3)N[C@@H](c3ccccc3)C2)N=5)NC(=O)/C(C)=C\C=C\[C@H](C)[C@H](O)[C@@H](C)[C@@H](O)[C@@H](C)[C@H](OC(C)=O)[C@@H]1C. The number of ether oxygens (including phenoxy) is 4. The lowest BCUT2D eigenvalue weighted by molar-refractivity contribution is -0.160. The summed E-state index contributed by atoms with van der Waals surface area (Å²) >= 11 is 0. The Hall–Kier alpha value is -6.39. The summed E-state index contributed by atoms with van der Waals surface area (Å²) in [7, 11) is 1.47. The summed E-state index contributed by atoms with van der Waals surface area (Å²) in [5.74, 6) is -7.20. The fourth-order valence-electron chi connectivity index (χ4n) is 10.4. The second-order valence-corrected chi connectivity index (χ2v) is 19.3. The number of aliphatic hydroxyl groups excluding tert-OH is 2. The number of methoxy groups -OCH3 is 1. The molecule has 0 saturated carbocycles. The quantitative estimate of drug-likeness (QED) is 0.0914. The summed E-state index contributed by atoms with van der Waals surface area (Å²) in [5, 5.41) is 54.6. The van der Waals surface area contributed by atoms with Crippen molar-refractivity contribution in [2.24, 2.45) is 33.7 Å². The monoisotopic (exact) mass is 942 g/mol. The highest BCUT2D eigenvalue weighted by molar-refractivity contribution is 6.19. The predicted octanol–water partition coefficient (Wildman–Crippen LogP) is 6.86. The molecule has 4 bridgehead atoms. The molecule has 4 aromatic carbocycles. The highest BCUT2D eigenvalue weighted by Gasteiger charge is 2.51. The number of nitrogens with zero attached hydrogens (tertiary/aromatic N) is 2. The molecule has 1 unspecified atom stereocenters. The van der Waals surface area contributed by atoms with Crippen molar-refractivity contribution < 1.29 is 53.8 Å². The molecule has 4 aliphatic rings. The van der Waals surface area contributed by atoms with Crippen LogP contribution in [-0.2, 0) is 23.8 Å². The Morgan fingerprint density at radius 2 is 1.42 bits per heavy atom. The Morgan fingerprint density at radius 3 is 2.01 bits per heavy atom. The van der Waals surface area contributed by atoms with E-state index in [-0.39, 0.29) is 61.7 Å². The van der Waals surface area contributed by atoms with Crippen molar-refractivity contribution in [2.45, 2.75) is 116 Å². The van der Waals surface area contributed by atoms with Gasteiger partial charge in [-0.2, -0.15) is 0 Å². The maximum Gasteiger partial charge on any atom is 0.312 e. The predicted molar refractivity (Wildman–Crippen MR) is 258 cm³/mol. The molecule has 8 rings (SSSR count). The van der Waals surface area contributed by atoms with Gasteiger partial charge in [-0.25, -0.2) is 0 Å². The topological polar surface area (TPSA) is 218 Å². The number of aromatic hydroxyl groups is 2. The lowest BCUT2D eigenvalue weighted by Gasteiger charge is -2.40. The van der Waals surface area contributed by atoms with Crippen molar-refractivity contribution in [1.82, 2.24) is 5.32 Å². The molecule has 69 heavy (non-hydrogen) atoms. The Balaban J connectivity index is 1.33. The van der Waals surface area contributed by atoms with Gasteiger partial charge in [0, 0.05) is 86.1 Å². The minimum atomic E-state index is -2.01. The largest absolute Gasteiger partial charge is 0.507 e. The van der Waals surface area contributed by atoms with Crippen LogP contribution in [0.3, 0.4) is 0 Å². The number of phenols is 2. The molecule has 4 aliphatic heterocycles. The molecule has 1 saturated heterocycles. The van der Waals surface area contributed by atoms with E-state index in [1.165, 1.54) is 27.2 Å². The van der Waals surface area contributed by atoms with E-state index < -0.39 is 88.7 Å². The van der Waals surface area contributed by atoms with Gasteiger partial charge in [0.2, 0.25) is 0 Å². The van der Waals surface area contributed by atoms with Gasteiger partial charge in [-0.05, 0) is 31.1 Å². The first-order valence-electron chi connectivity index (χ1n) is 23.5. The third-order valence-corrected chi connectivity index (χ3v) is 14.5. The van der Waals surface area contributed by atoms with Crippen molar-refractivity contribution in [2.75, 3.05) is 12.4 Å². The van der Waals surface area contributed by atoms with E-state index in [2.05, 4.69) is 10.6 Å². The second kappa shape index (κ2) is 19.2. The first-order chi connectivity index (χ1) is 32.8. The van der Waals surface area contributed by atoms with E-state index >= 15 is 4.79 Å². The van der Waals surface area contributed by atoms with Gasteiger partial charge in [0.15, 0.2) is 11.4 Å². The fraction of sp³-hybridized carbons (Fsp3) is 0.426. The zero-order chi connectivity index (χ0) is 49.7. The lowest BCUT2D eigenvalue weighted by Crippen LogP contribution is -2.46. The molecule has 1 spiro atoms. The minimum Gasteiger partial charge on any atom is -0.507 e. The number of hydrogen-bond acceptors (Lipinski definition) is 14. The van der Waals surface area contributed by atoms with E-state index in [0.29, 0.717) is 12.8 Å². The number of fused-ring (bicyclic) bond motifs is 1. The van der Waals surface area contributed by atoms with E-state index in [1.54, 1.807) is 65.8 Å². The number of anilines is 1. The molecule has 364 valence electrons. The number of hydrogen-bond donors (Lipinski definition) is 6. The number of aliphatic hydroxyl groups is 2. The van der Waals surface area contributed by atoms with Crippen LogP contribution in [0.5, 0.6) is 17.2 Å². The molecule has 1 amide bonds. The first kappa shape index (κ1) is 49.0. The van der Waals surface area contributed by atoms with Gasteiger partial charge in [-0.1, -0.05) is 107 Å². The number of carbonyl (C=O) groups is 3. The summed E-state index contributed by atoms with van der Waals surface area (Å²) in [5.41, 5.74) is 1.07. The molecule has 4 heterocycles. The van der Waals surface area contributed by atoms with Crippen LogP contribution >= 0.6 is 0 Å². The standard InChI is InChI=1S/C54H62N4O11/c1-27-17-16-18-28(2)52(65)56-44-43-42(57-54(58-43)25-36(34-19-12-10-13-20-34)55-37(26-54)35-21-14-11-15-22-35)39-40(48(44)63)47(62)32(6)50-41(39)51(64)53(8,69-50)67-24-23-38(66-9)29(3)49(68-33(7)59)31(5)46(61)30(4)45(27)60/h10-24,27,29-31,36-38,45-46,49,55,60-63H,25-26H2,1-9H3,(H,56,65)/b17-16+,24-23+,28-18-/t27-,29+,30+,31+,36-,37+,38-,45-,46+,49+,53-,54?/m0/s1. The van der Waals surface area contributed by atoms with Gasteiger partial charge in [-0.15, -0.1) is 0 Å². The number of esters is 1. The van der Waals surface area contributed by atoms with Crippen molar-refractivity contribution in [3.05, 3.63) is 130 Å². The Kier molecular flexibility index (Phi) is 13.6. The molecule has 6 N–H and O–H groups in total. The van der Waals surface area contributed by atoms with Crippen molar-refractivity contribution in [1.29, 1.82) is 0 Å². The van der Waals surface area contributed by atoms with Crippen LogP contribution in [0.25, 0.3) is 10.8 Å². The average Bonchev–Trinajstić information content (AvgIpc) is 3.83. The number of rotatable bonds is 4. The summed E-state index contributed by atoms with van der Waals surface area (Å²) in [6, 6.07) is 19.4. The molecule has 1 fully saturated rings. The fourth-order valence-corrected chi connectivity index (χ4v) is 10.4. The van der Waals surface area contributed by atoms with Gasteiger partial charge in [0.25, 0.3) is 11.7 Å². The number of carbonyl (C=O) groups excluding carboxylic acids is 3. The normalized spacial score (nSPS) is 33.3. The number of piperidine rings is 1. The van der Waals surface area contributed by atoms with Crippen LogP contribution in [-0.4, -0.2) is 81.1 Å². The maximum absolute atomic E-state index is 15.0. The summed E-state index contributed by atoms with van der Waals surface area (Å²) < 4.78 is 24.2.